The lowest BCUT2D eigenvalue weighted by molar-refractivity contribution is -0.137. The first-order chi connectivity index (χ1) is 7.59. The molecule has 3 heteroatoms. The number of Topliss-reactive ketones (excluding diaryl/α,β-unsaturated/α-hetero) is 1. The number of carboxylic acid groups (broad SMARTS) is 1. The number of rotatable bonds is 6. The molecular weight excluding hydrogens is 204 g/mol. The molecule has 0 saturated carbocycles. The normalized spacial score (nSPS) is 10.1. The molecular formula is C13H16O3. The van der Waals surface area contributed by atoms with Crippen LogP contribution in [-0.2, 0) is 4.79 Å². The van der Waals surface area contributed by atoms with Crippen LogP contribution < -0.4 is 0 Å². The molecule has 0 aliphatic carbocycles. The van der Waals surface area contributed by atoms with Crippen molar-refractivity contribution in [1.82, 2.24) is 0 Å². The third-order valence-corrected chi connectivity index (χ3v) is 2.42. The molecule has 0 aliphatic rings. The summed E-state index contributed by atoms with van der Waals surface area (Å²) in [4.78, 5) is 21.9. The van der Waals surface area contributed by atoms with Gasteiger partial charge in [-0.15, -0.1) is 0 Å². The van der Waals surface area contributed by atoms with Gasteiger partial charge in [0.05, 0.1) is 0 Å². The highest BCUT2D eigenvalue weighted by Gasteiger charge is 2.05. The Balaban J connectivity index is 2.35. The van der Waals surface area contributed by atoms with E-state index in [1.165, 1.54) is 0 Å². The maximum atomic E-state index is 11.7. The second kappa shape index (κ2) is 6.05. The van der Waals surface area contributed by atoms with Gasteiger partial charge < -0.3 is 5.11 Å². The van der Waals surface area contributed by atoms with Gasteiger partial charge in [0, 0.05) is 18.4 Å². The highest BCUT2D eigenvalue weighted by Crippen LogP contribution is 2.09. The average molecular weight is 220 g/mol. The van der Waals surface area contributed by atoms with Crippen LogP contribution in [-0.4, -0.2) is 16.9 Å². The molecule has 0 unspecified atom stereocenters. The van der Waals surface area contributed by atoms with E-state index in [4.69, 9.17) is 5.11 Å². The minimum Gasteiger partial charge on any atom is -0.481 e. The van der Waals surface area contributed by atoms with Crippen LogP contribution in [0.4, 0.5) is 0 Å². The summed E-state index contributed by atoms with van der Waals surface area (Å²) in [6, 6.07) is 7.44. The Kier molecular flexibility index (Phi) is 4.70. The number of carbonyl (C=O) groups excluding carboxylic acids is 1. The van der Waals surface area contributed by atoms with E-state index in [1.807, 2.05) is 31.2 Å². The number of carbonyl (C=O) groups is 2. The van der Waals surface area contributed by atoms with Crippen molar-refractivity contribution in [2.45, 2.75) is 32.6 Å². The predicted octanol–water partition coefficient (Wildman–Crippen LogP) is 2.82. The number of hydrogen-bond donors (Lipinski definition) is 1. The Morgan fingerprint density at radius 1 is 1.06 bits per heavy atom. The number of aryl methyl sites for hydroxylation is 1. The molecule has 1 aromatic rings. The van der Waals surface area contributed by atoms with Gasteiger partial charge in [0.15, 0.2) is 5.78 Å². The molecule has 0 amide bonds. The Labute approximate surface area is 95.1 Å². The van der Waals surface area contributed by atoms with Gasteiger partial charge >= 0.3 is 5.97 Å². The Morgan fingerprint density at radius 2 is 1.62 bits per heavy atom. The maximum Gasteiger partial charge on any atom is 0.303 e. The van der Waals surface area contributed by atoms with E-state index in [-0.39, 0.29) is 12.2 Å². The number of unbranched alkanes of at least 4 members (excludes halogenated alkanes) is 1. The second-order valence-electron chi connectivity index (χ2n) is 3.89. The van der Waals surface area contributed by atoms with Crippen molar-refractivity contribution in [2.24, 2.45) is 0 Å². The summed E-state index contributed by atoms with van der Waals surface area (Å²) in [5, 5.41) is 8.44. The van der Waals surface area contributed by atoms with Gasteiger partial charge in [0.1, 0.15) is 0 Å². The lowest BCUT2D eigenvalue weighted by Crippen LogP contribution is -2.00. The van der Waals surface area contributed by atoms with E-state index in [2.05, 4.69) is 0 Å². The van der Waals surface area contributed by atoms with E-state index in [0.717, 1.165) is 5.56 Å². The highest BCUT2D eigenvalue weighted by molar-refractivity contribution is 5.96. The fourth-order valence-corrected chi connectivity index (χ4v) is 1.45. The molecule has 0 atom stereocenters. The zero-order chi connectivity index (χ0) is 12.0. The lowest BCUT2D eigenvalue weighted by atomic mass is 10.0. The van der Waals surface area contributed by atoms with E-state index >= 15 is 0 Å². The molecule has 86 valence electrons. The van der Waals surface area contributed by atoms with Crippen LogP contribution in [0.15, 0.2) is 24.3 Å². The second-order valence-corrected chi connectivity index (χ2v) is 3.89. The first-order valence-electron chi connectivity index (χ1n) is 5.41. The summed E-state index contributed by atoms with van der Waals surface area (Å²) in [6.07, 6.45) is 1.77. The first kappa shape index (κ1) is 12.4. The standard InChI is InChI=1S/C13H16O3/c1-10-6-8-11(9-7-10)12(14)4-2-3-5-13(15)16/h6-9H,2-5H2,1H3,(H,15,16). The van der Waals surface area contributed by atoms with Crippen LogP contribution in [0.2, 0.25) is 0 Å². The number of carboxylic acids is 1. The average Bonchev–Trinajstić information content (AvgIpc) is 2.25. The quantitative estimate of drug-likeness (QED) is 0.592. The monoisotopic (exact) mass is 220 g/mol. The molecule has 0 aromatic heterocycles. The third-order valence-electron chi connectivity index (χ3n) is 2.42. The van der Waals surface area contributed by atoms with Crippen LogP contribution in [0.25, 0.3) is 0 Å². The molecule has 0 saturated heterocycles. The van der Waals surface area contributed by atoms with Crippen LogP contribution in [0.5, 0.6) is 0 Å². The summed E-state index contributed by atoms with van der Waals surface area (Å²) >= 11 is 0. The van der Waals surface area contributed by atoms with Gasteiger partial charge in [-0.3, -0.25) is 9.59 Å². The molecule has 0 aliphatic heterocycles. The van der Waals surface area contributed by atoms with Crippen molar-refractivity contribution in [3.05, 3.63) is 35.4 Å². The summed E-state index contributed by atoms with van der Waals surface area (Å²) in [5.74, 6) is -0.715. The largest absolute Gasteiger partial charge is 0.481 e. The minimum atomic E-state index is -0.803. The fraction of sp³-hybridized carbons (Fsp3) is 0.385. The van der Waals surface area contributed by atoms with Crippen LogP contribution >= 0.6 is 0 Å². The molecule has 0 heterocycles. The van der Waals surface area contributed by atoms with Gasteiger partial charge in [-0.1, -0.05) is 29.8 Å². The van der Waals surface area contributed by atoms with Crippen LogP contribution in [0.1, 0.15) is 41.6 Å². The van der Waals surface area contributed by atoms with Crippen molar-refractivity contribution >= 4 is 11.8 Å². The molecule has 16 heavy (non-hydrogen) atoms. The van der Waals surface area contributed by atoms with Gasteiger partial charge in [-0.25, -0.2) is 0 Å². The molecule has 0 radical (unpaired) electrons. The lowest BCUT2D eigenvalue weighted by Gasteiger charge is -2.01. The summed E-state index contributed by atoms with van der Waals surface area (Å²) < 4.78 is 0. The minimum absolute atomic E-state index is 0.0883. The number of benzene rings is 1. The van der Waals surface area contributed by atoms with Crippen molar-refractivity contribution in [1.29, 1.82) is 0 Å². The molecule has 0 spiro atoms. The van der Waals surface area contributed by atoms with Crippen molar-refractivity contribution < 1.29 is 14.7 Å². The fourth-order valence-electron chi connectivity index (χ4n) is 1.45. The zero-order valence-electron chi connectivity index (χ0n) is 9.40. The van der Waals surface area contributed by atoms with E-state index < -0.39 is 5.97 Å². The van der Waals surface area contributed by atoms with E-state index in [1.54, 1.807) is 0 Å². The molecule has 1 N–H and O–H groups in total. The number of aliphatic carboxylic acids is 1. The van der Waals surface area contributed by atoms with Crippen molar-refractivity contribution in [3.8, 4) is 0 Å². The number of hydrogen-bond acceptors (Lipinski definition) is 2. The molecule has 1 aromatic carbocycles. The topological polar surface area (TPSA) is 54.4 Å². The van der Waals surface area contributed by atoms with E-state index in [0.29, 0.717) is 24.8 Å². The SMILES string of the molecule is Cc1ccc(C(=O)CCCCC(=O)O)cc1. The molecule has 3 nitrogen and oxygen atoms in total. The predicted molar refractivity (Wildman–Crippen MR) is 61.6 cm³/mol. The Hall–Kier alpha value is -1.64. The number of ketones is 1. The van der Waals surface area contributed by atoms with Crippen LogP contribution in [0.3, 0.4) is 0 Å². The summed E-state index contributed by atoms with van der Waals surface area (Å²) in [7, 11) is 0. The Morgan fingerprint density at radius 3 is 2.19 bits per heavy atom. The van der Waals surface area contributed by atoms with Gasteiger partial charge in [-0.2, -0.15) is 0 Å². The molecule has 0 fully saturated rings. The zero-order valence-corrected chi connectivity index (χ0v) is 9.40. The molecule has 1 rings (SSSR count). The smallest absolute Gasteiger partial charge is 0.303 e. The first-order valence-corrected chi connectivity index (χ1v) is 5.41. The summed E-state index contributed by atoms with van der Waals surface area (Å²) in [6.45, 7) is 1.97. The highest BCUT2D eigenvalue weighted by atomic mass is 16.4. The van der Waals surface area contributed by atoms with Gasteiger partial charge in [-0.05, 0) is 19.8 Å². The summed E-state index contributed by atoms with van der Waals surface area (Å²) in [5.41, 5.74) is 1.84. The van der Waals surface area contributed by atoms with Crippen LogP contribution in [0, 0.1) is 6.92 Å². The Bertz CT molecular complexity index is 365. The van der Waals surface area contributed by atoms with E-state index in [9.17, 15) is 9.59 Å². The van der Waals surface area contributed by atoms with Crippen molar-refractivity contribution in [2.75, 3.05) is 0 Å². The molecule has 0 bridgehead atoms. The third kappa shape index (κ3) is 4.26. The maximum absolute atomic E-state index is 11.7. The van der Waals surface area contributed by atoms with Crippen molar-refractivity contribution in [3.63, 3.8) is 0 Å². The van der Waals surface area contributed by atoms with Gasteiger partial charge in [0.2, 0.25) is 0 Å². The van der Waals surface area contributed by atoms with Gasteiger partial charge in [0.25, 0.3) is 0 Å².